The fraction of sp³-hybridized carbons (Fsp3) is 0.160. The highest BCUT2D eigenvalue weighted by atomic mass is 16.2. The highest BCUT2D eigenvalue weighted by Crippen LogP contribution is 2.25. The molecule has 0 spiro atoms. The number of pyridine rings is 2. The molecule has 0 bridgehead atoms. The van der Waals surface area contributed by atoms with Gasteiger partial charge in [-0.15, -0.1) is 0 Å². The molecule has 150 valence electrons. The number of hydrogen-bond acceptors (Lipinski definition) is 4. The molecule has 1 amide bonds. The van der Waals surface area contributed by atoms with Crippen LogP contribution in [0.15, 0.2) is 79.1 Å². The highest BCUT2D eigenvalue weighted by molar-refractivity contribution is 6.07. The van der Waals surface area contributed by atoms with Gasteiger partial charge in [-0.3, -0.25) is 9.78 Å². The molecule has 0 N–H and O–H groups in total. The minimum atomic E-state index is -0.0320. The molecule has 4 aromatic rings. The summed E-state index contributed by atoms with van der Waals surface area (Å²) in [5.41, 5.74) is 5.29. The van der Waals surface area contributed by atoms with Gasteiger partial charge >= 0.3 is 0 Å². The number of benzene rings is 2. The van der Waals surface area contributed by atoms with Gasteiger partial charge in [-0.05, 0) is 42.0 Å². The Morgan fingerprint density at radius 1 is 0.933 bits per heavy atom. The zero-order chi connectivity index (χ0) is 21.1. The summed E-state index contributed by atoms with van der Waals surface area (Å²) in [5.74, 6) is -0.0320. The molecule has 0 saturated carbocycles. The van der Waals surface area contributed by atoms with Crippen LogP contribution in [0, 0.1) is 0 Å². The number of aromatic nitrogens is 2. The third kappa shape index (κ3) is 4.01. The molecule has 0 saturated heterocycles. The SMILES string of the molecule is CN(Cc1ccc(N(C)C)cc1)C(=O)c1cc(-c2cccnc2)nc2ccccc12. The monoisotopic (exact) mass is 396 g/mol. The predicted octanol–water partition coefficient (Wildman–Crippen LogP) is 4.64. The van der Waals surface area contributed by atoms with Crippen LogP contribution in [-0.4, -0.2) is 41.9 Å². The number of fused-ring (bicyclic) bond motifs is 1. The van der Waals surface area contributed by atoms with Gasteiger partial charge in [0.25, 0.3) is 5.91 Å². The van der Waals surface area contributed by atoms with Crippen molar-refractivity contribution in [2.24, 2.45) is 0 Å². The first-order chi connectivity index (χ1) is 14.5. The molecule has 0 atom stereocenters. The van der Waals surface area contributed by atoms with Crippen LogP contribution in [0.1, 0.15) is 15.9 Å². The lowest BCUT2D eigenvalue weighted by Gasteiger charge is -2.20. The number of amides is 1. The lowest BCUT2D eigenvalue weighted by molar-refractivity contribution is 0.0787. The summed E-state index contributed by atoms with van der Waals surface area (Å²) in [6.45, 7) is 0.533. The molecule has 0 fully saturated rings. The van der Waals surface area contributed by atoms with E-state index in [0.717, 1.165) is 33.4 Å². The molecule has 0 aliphatic heterocycles. The topological polar surface area (TPSA) is 49.3 Å². The predicted molar refractivity (Wildman–Crippen MR) is 122 cm³/mol. The summed E-state index contributed by atoms with van der Waals surface area (Å²) in [6, 6.07) is 21.7. The summed E-state index contributed by atoms with van der Waals surface area (Å²) in [5, 5.41) is 0.852. The van der Waals surface area contributed by atoms with Gasteiger partial charge in [-0.1, -0.05) is 30.3 Å². The Bertz CT molecular complexity index is 1170. The average molecular weight is 396 g/mol. The van der Waals surface area contributed by atoms with Gasteiger partial charge in [0.15, 0.2) is 0 Å². The maximum Gasteiger partial charge on any atom is 0.254 e. The van der Waals surface area contributed by atoms with E-state index in [1.54, 1.807) is 17.3 Å². The quantitative estimate of drug-likeness (QED) is 0.493. The fourth-order valence-corrected chi connectivity index (χ4v) is 3.47. The molecule has 5 heteroatoms. The van der Waals surface area contributed by atoms with Crippen LogP contribution in [0.3, 0.4) is 0 Å². The first-order valence-corrected chi connectivity index (χ1v) is 9.85. The maximum atomic E-state index is 13.4. The second-order valence-corrected chi connectivity index (χ2v) is 7.54. The molecular formula is C25H24N4O. The standard InChI is InChI=1S/C25H24N4O/c1-28(2)20-12-10-18(11-13-20)17-29(3)25(30)22-15-24(19-7-6-14-26-16-19)27-23-9-5-4-8-21(22)23/h4-16H,17H2,1-3H3. The number of hydrogen-bond donors (Lipinski definition) is 0. The van der Waals surface area contributed by atoms with Crippen molar-refractivity contribution >= 4 is 22.5 Å². The third-order valence-corrected chi connectivity index (χ3v) is 5.12. The Morgan fingerprint density at radius 3 is 2.40 bits per heavy atom. The Morgan fingerprint density at radius 2 is 1.70 bits per heavy atom. The van der Waals surface area contributed by atoms with Gasteiger partial charge < -0.3 is 9.80 Å². The van der Waals surface area contributed by atoms with E-state index >= 15 is 0 Å². The van der Waals surface area contributed by atoms with E-state index in [0.29, 0.717) is 12.1 Å². The van der Waals surface area contributed by atoms with Crippen LogP contribution in [-0.2, 0) is 6.54 Å². The van der Waals surface area contributed by atoms with Crippen molar-refractivity contribution in [2.75, 3.05) is 26.0 Å². The number of carbonyl (C=O) groups excluding carboxylic acids is 1. The number of carbonyl (C=O) groups is 1. The van der Waals surface area contributed by atoms with E-state index in [1.165, 1.54) is 0 Å². The normalized spacial score (nSPS) is 10.8. The van der Waals surface area contributed by atoms with E-state index in [2.05, 4.69) is 34.1 Å². The second-order valence-electron chi connectivity index (χ2n) is 7.54. The minimum Gasteiger partial charge on any atom is -0.378 e. The van der Waals surface area contributed by atoms with Gasteiger partial charge in [0.2, 0.25) is 0 Å². The van der Waals surface area contributed by atoms with Crippen molar-refractivity contribution in [3.8, 4) is 11.3 Å². The van der Waals surface area contributed by atoms with Crippen molar-refractivity contribution in [3.05, 3.63) is 90.3 Å². The molecule has 0 aliphatic rings. The molecule has 0 aliphatic carbocycles. The first-order valence-electron chi connectivity index (χ1n) is 9.85. The van der Waals surface area contributed by atoms with Crippen LogP contribution in [0.4, 0.5) is 5.69 Å². The van der Waals surface area contributed by atoms with E-state index in [4.69, 9.17) is 4.98 Å². The smallest absolute Gasteiger partial charge is 0.254 e. The highest BCUT2D eigenvalue weighted by Gasteiger charge is 2.18. The number of nitrogens with zero attached hydrogens (tertiary/aromatic N) is 4. The van der Waals surface area contributed by atoms with Gasteiger partial charge in [0.05, 0.1) is 16.8 Å². The molecular weight excluding hydrogens is 372 g/mol. The van der Waals surface area contributed by atoms with Crippen LogP contribution in [0.2, 0.25) is 0 Å². The maximum absolute atomic E-state index is 13.4. The summed E-state index contributed by atoms with van der Waals surface area (Å²) < 4.78 is 0. The van der Waals surface area contributed by atoms with E-state index in [9.17, 15) is 4.79 Å². The number of anilines is 1. The molecule has 4 rings (SSSR count). The second kappa shape index (κ2) is 8.33. The summed E-state index contributed by atoms with van der Waals surface area (Å²) in [6.07, 6.45) is 3.49. The Balaban J connectivity index is 1.68. The van der Waals surface area contributed by atoms with Crippen LogP contribution in [0.25, 0.3) is 22.2 Å². The first kappa shape index (κ1) is 19.6. The Labute approximate surface area is 176 Å². The molecule has 30 heavy (non-hydrogen) atoms. The van der Waals surface area contributed by atoms with Gasteiger partial charge in [0, 0.05) is 56.7 Å². The van der Waals surface area contributed by atoms with E-state index < -0.39 is 0 Å². The summed E-state index contributed by atoms with van der Waals surface area (Å²) in [7, 11) is 5.86. The van der Waals surface area contributed by atoms with Crippen LogP contribution >= 0.6 is 0 Å². The average Bonchev–Trinajstić information content (AvgIpc) is 2.78. The van der Waals surface area contributed by atoms with Gasteiger partial charge in [-0.2, -0.15) is 0 Å². The van der Waals surface area contributed by atoms with Crippen molar-refractivity contribution in [2.45, 2.75) is 6.54 Å². The van der Waals surface area contributed by atoms with Crippen LogP contribution < -0.4 is 4.90 Å². The van der Waals surface area contributed by atoms with Crippen molar-refractivity contribution in [1.82, 2.24) is 14.9 Å². The van der Waals surface area contributed by atoms with Crippen molar-refractivity contribution in [3.63, 3.8) is 0 Å². The number of para-hydroxylation sites is 1. The minimum absolute atomic E-state index is 0.0320. The zero-order valence-electron chi connectivity index (χ0n) is 17.4. The van der Waals surface area contributed by atoms with E-state index in [-0.39, 0.29) is 5.91 Å². The molecule has 5 nitrogen and oxygen atoms in total. The van der Waals surface area contributed by atoms with Gasteiger partial charge in [0.1, 0.15) is 0 Å². The molecule has 2 aromatic carbocycles. The van der Waals surface area contributed by atoms with E-state index in [1.807, 2.05) is 63.6 Å². The Hall–Kier alpha value is -3.73. The molecule has 2 aromatic heterocycles. The van der Waals surface area contributed by atoms with Crippen LogP contribution in [0.5, 0.6) is 0 Å². The van der Waals surface area contributed by atoms with Crippen molar-refractivity contribution in [1.29, 1.82) is 0 Å². The summed E-state index contributed by atoms with van der Waals surface area (Å²) in [4.78, 5) is 26.1. The van der Waals surface area contributed by atoms with Crippen molar-refractivity contribution < 1.29 is 4.79 Å². The summed E-state index contributed by atoms with van der Waals surface area (Å²) >= 11 is 0. The fourth-order valence-electron chi connectivity index (χ4n) is 3.47. The molecule has 2 heterocycles. The Kier molecular flexibility index (Phi) is 5.44. The lowest BCUT2D eigenvalue weighted by atomic mass is 10.0. The lowest BCUT2D eigenvalue weighted by Crippen LogP contribution is -2.26. The largest absolute Gasteiger partial charge is 0.378 e. The number of rotatable bonds is 5. The van der Waals surface area contributed by atoms with Gasteiger partial charge in [-0.25, -0.2) is 4.98 Å². The molecule has 0 unspecified atom stereocenters. The molecule has 0 radical (unpaired) electrons. The third-order valence-electron chi connectivity index (χ3n) is 5.12. The zero-order valence-corrected chi connectivity index (χ0v) is 17.4.